The van der Waals surface area contributed by atoms with Gasteiger partial charge in [0.1, 0.15) is 0 Å². The Hall–Kier alpha value is -0.940. The highest BCUT2D eigenvalue weighted by Gasteiger charge is 2.17. The molecule has 21 heavy (non-hydrogen) atoms. The first kappa shape index (κ1) is 15.0. The fraction of sp³-hybridized carbons (Fsp3) is 0.529. The Balaban J connectivity index is 1.86. The number of hydrogen-bond donors (Lipinski definition) is 1. The number of nitrogens with zero attached hydrogens (tertiary/aromatic N) is 2. The van der Waals surface area contributed by atoms with E-state index in [-0.39, 0.29) is 0 Å². The van der Waals surface area contributed by atoms with E-state index in [4.69, 9.17) is 0 Å². The van der Waals surface area contributed by atoms with Gasteiger partial charge in [0.2, 0.25) is 0 Å². The number of rotatable bonds is 4. The van der Waals surface area contributed by atoms with Crippen LogP contribution in [0.5, 0.6) is 0 Å². The van der Waals surface area contributed by atoms with E-state index in [9.17, 15) is 0 Å². The molecule has 0 amide bonds. The second kappa shape index (κ2) is 6.88. The minimum atomic E-state index is 0.975. The van der Waals surface area contributed by atoms with Crippen LogP contribution in [0.1, 0.15) is 16.9 Å². The molecule has 1 aliphatic rings. The van der Waals surface area contributed by atoms with Gasteiger partial charge in [0, 0.05) is 35.8 Å². The predicted molar refractivity (Wildman–Crippen MR) is 92.0 cm³/mol. The lowest BCUT2D eigenvalue weighted by Crippen LogP contribution is -2.28. The quantitative estimate of drug-likeness (QED) is 0.937. The first-order valence-electron chi connectivity index (χ1n) is 7.82. The maximum atomic E-state index is 3.33. The third kappa shape index (κ3) is 3.46. The number of likely N-dealkylation sites (N-methyl/N-ethyl adjacent to an activating group) is 1. The smallest absolute Gasteiger partial charge is 0.0349 e. The van der Waals surface area contributed by atoms with Gasteiger partial charge in [-0.1, -0.05) is 18.2 Å². The van der Waals surface area contributed by atoms with Crippen molar-refractivity contribution in [1.82, 2.24) is 15.1 Å². The summed E-state index contributed by atoms with van der Waals surface area (Å²) in [5, 5.41) is 4.78. The minimum Gasteiger partial charge on any atom is -0.315 e. The summed E-state index contributed by atoms with van der Waals surface area (Å²) in [5.74, 6) is 0. The van der Waals surface area contributed by atoms with Gasteiger partial charge in [-0.15, -0.1) is 11.3 Å². The topological polar surface area (TPSA) is 18.5 Å². The number of benzene rings is 1. The Morgan fingerprint density at radius 3 is 2.86 bits per heavy atom. The lowest BCUT2D eigenvalue weighted by Gasteiger charge is -2.20. The predicted octanol–water partition coefficient (Wildman–Crippen LogP) is 2.76. The van der Waals surface area contributed by atoms with Crippen LogP contribution in [-0.2, 0) is 13.1 Å². The zero-order valence-electron chi connectivity index (χ0n) is 13.1. The van der Waals surface area contributed by atoms with Crippen molar-refractivity contribution < 1.29 is 0 Å². The van der Waals surface area contributed by atoms with Crippen LogP contribution in [0, 0.1) is 0 Å². The highest BCUT2D eigenvalue weighted by Crippen LogP contribution is 2.32. The van der Waals surface area contributed by atoms with Crippen molar-refractivity contribution in [2.24, 2.45) is 0 Å². The van der Waals surface area contributed by atoms with Crippen LogP contribution < -0.4 is 5.32 Å². The SMILES string of the molecule is CNCc1sc2ccccc2c1CN1CCCN(C)CC1. The van der Waals surface area contributed by atoms with Crippen LogP contribution in [0.25, 0.3) is 10.1 Å². The number of hydrogen-bond acceptors (Lipinski definition) is 4. The molecule has 1 fully saturated rings. The van der Waals surface area contributed by atoms with Crippen LogP contribution in [0.3, 0.4) is 0 Å². The maximum absolute atomic E-state index is 3.33. The molecule has 0 radical (unpaired) electrons. The molecule has 3 rings (SSSR count). The van der Waals surface area contributed by atoms with Gasteiger partial charge in [-0.25, -0.2) is 0 Å². The molecule has 3 nitrogen and oxygen atoms in total. The molecule has 1 aromatic carbocycles. The van der Waals surface area contributed by atoms with Gasteiger partial charge < -0.3 is 10.2 Å². The van der Waals surface area contributed by atoms with Gasteiger partial charge in [-0.2, -0.15) is 0 Å². The van der Waals surface area contributed by atoms with E-state index in [0.29, 0.717) is 0 Å². The van der Waals surface area contributed by atoms with Crippen LogP contribution >= 0.6 is 11.3 Å². The van der Waals surface area contributed by atoms with Crippen molar-refractivity contribution >= 4 is 21.4 Å². The number of fused-ring (bicyclic) bond motifs is 1. The van der Waals surface area contributed by atoms with Crippen molar-refractivity contribution in [3.05, 3.63) is 34.7 Å². The van der Waals surface area contributed by atoms with E-state index in [1.807, 2.05) is 18.4 Å². The van der Waals surface area contributed by atoms with Crippen molar-refractivity contribution in [2.75, 3.05) is 40.3 Å². The second-order valence-corrected chi connectivity index (χ2v) is 7.10. The molecule has 2 heterocycles. The average molecular weight is 303 g/mol. The lowest BCUT2D eigenvalue weighted by atomic mass is 10.1. The molecule has 2 aromatic rings. The highest BCUT2D eigenvalue weighted by atomic mass is 32.1. The molecule has 0 spiro atoms. The third-order valence-corrected chi connectivity index (χ3v) is 5.53. The van der Waals surface area contributed by atoms with E-state index in [1.165, 1.54) is 53.1 Å². The first-order valence-corrected chi connectivity index (χ1v) is 8.64. The Labute approximate surface area is 131 Å². The van der Waals surface area contributed by atoms with Crippen molar-refractivity contribution in [1.29, 1.82) is 0 Å². The summed E-state index contributed by atoms with van der Waals surface area (Å²) in [6.07, 6.45) is 1.28. The van der Waals surface area contributed by atoms with Gasteiger partial charge in [-0.05, 0) is 50.6 Å². The fourth-order valence-electron chi connectivity index (χ4n) is 3.11. The molecule has 4 heteroatoms. The monoisotopic (exact) mass is 303 g/mol. The molecule has 0 saturated carbocycles. The fourth-order valence-corrected chi connectivity index (χ4v) is 4.34. The van der Waals surface area contributed by atoms with E-state index in [2.05, 4.69) is 46.4 Å². The van der Waals surface area contributed by atoms with Gasteiger partial charge in [0.15, 0.2) is 0 Å². The van der Waals surface area contributed by atoms with Gasteiger partial charge in [0.05, 0.1) is 0 Å². The largest absolute Gasteiger partial charge is 0.315 e. The molecule has 0 bridgehead atoms. The van der Waals surface area contributed by atoms with E-state index in [1.54, 1.807) is 0 Å². The second-order valence-electron chi connectivity index (χ2n) is 5.96. The molecule has 1 saturated heterocycles. The summed E-state index contributed by atoms with van der Waals surface area (Å²) in [5.41, 5.74) is 1.54. The van der Waals surface area contributed by atoms with Crippen LogP contribution in [0.4, 0.5) is 0 Å². The normalized spacial score (nSPS) is 18.2. The third-order valence-electron chi connectivity index (χ3n) is 4.31. The zero-order valence-corrected chi connectivity index (χ0v) is 13.9. The summed E-state index contributed by atoms with van der Waals surface area (Å²) in [6, 6.07) is 8.84. The molecule has 1 aliphatic heterocycles. The van der Waals surface area contributed by atoms with E-state index in [0.717, 1.165) is 13.1 Å². The molecule has 0 aliphatic carbocycles. The molecule has 0 atom stereocenters. The van der Waals surface area contributed by atoms with Gasteiger partial charge >= 0.3 is 0 Å². The molecule has 0 unspecified atom stereocenters. The zero-order chi connectivity index (χ0) is 14.7. The van der Waals surface area contributed by atoms with Gasteiger partial charge in [0.25, 0.3) is 0 Å². The molecular formula is C17H25N3S. The summed E-state index contributed by atoms with van der Waals surface area (Å²) >= 11 is 1.94. The van der Waals surface area contributed by atoms with E-state index >= 15 is 0 Å². The first-order chi connectivity index (χ1) is 10.3. The average Bonchev–Trinajstić information content (AvgIpc) is 2.68. The number of nitrogens with one attached hydrogen (secondary N) is 1. The Morgan fingerprint density at radius 2 is 2.00 bits per heavy atom. The summed E-state index contributed by atoms with van der Waals surface area (Å²) in [4.78, 5) is 6.56. The molecular weight excluding hydrogens is 278 g/mol. The highest BCUT2D eigenvalue weighted by molar-refractivity contribution is 7.19. The Kier molecular flexibility index (Phi) is 4.91. The van der Waals surface area contributed by atoms with Crippen molar-refractivity contribution in [3.63, 3.8) is 0 Å². The maximum Gasteiger partial charge on any atom is 0.0349 e. The molecule has 1 N–H and O–H groups in total. The van der Waals surface area contributed by atoms with E-state index < -0.39 is 0 Å². The van der Waals surface area contributed by atoms with Crippen LogP contribution in [-0.4, -0.2) is 50.1 Å². The van der Waals surface area contributed by atoms with Crippen molar-refractivity contribution in [3.8, 4) is 0 Å². The number of thiophene rings is 1. The Morgan fingerprint density at radius 1 is 1.14 bits per heavy atom. The van der Waals surface area contributed by atoms with Crippen molar-refractivity contribution in [2.45, 2.75) is 19.5 Å². The van der Waals surface area contributed by atoms with Crippen LogP contribution in [0.15, 0.2) is 24.3 Å². The summed E-state index contributed by atoms with van der Waals surface area (Å²) < 4.78 is 1.42. The molecule has 114 valence electrons. The standard InChI is InChI=1S/C17H25N3S/c1-18-12-17-15(14-6-3-4-7-16(14)21-17)13-20-9-5-8-19(2)10-11-20/h3-4,6-7,18H,5,8-13H2,1-2H3. The lowest BCUT2D eigenvalue weighted by molar-refractivity contribution is 0.269. The molecule has 1 aromatic heterocycles. The minimum absolute atomic E-state index is 0.975. The summed E-state index contributed by atoms with van der Waals surface area (Å²) in [6.45, 7) is 6.87. The van der Waals surface area contributed by atoms with Gasteiger partial charge in [-0.3, -0.25) is 4.90 Å². The summed E-state index contributed by atoms with van der Waals surface area (Å²) in [7, 11) is 4.27. The Bertz CT molecular complexity index is 593. The van der Waals surface area contributed by atoms with Crippen LogP contribution in [0.2, 0.25) is 0 Å².